The van der Waals surface area contributed by atoms with Crippen LogP contribution in [-0.4, -0.2) is 48.4 Å². The molecular formula is C19H27NO5. The van der Waals surface area contributed by atoms with Crippen molar-refractivity contribution in [3.8, 4) is 0 Å². The molecule has 0 aromatic heterocycles. The molecule has 1 saturated heterocycles. The zero-order valence-corrected chi connectivity index (χ0v) is 15.4. The van der Waals surface area contributed by atoms with Gasteiger partial charge in [-0.1, -0.05) is 30.3 Å². The molecule has 2 rings (SSSR count). The fourth-order valence-corrected chi connectivity index (χ4v) is 2.98. The molecule has 1 aliphatic rings. The Morgan fingerprint density at radius 1 is 1.20 bits per heavy atom. The van der Waals surface area contributed by atoms with Crippen LogP contribution >= 0.6 is 0 Å². The first-order valence-electron chi connectivity index (χ1n) is 8.49. The van der Waals surface area contributed by atoms with E-state index in [1.165, 1.54) is 12.0 Å². The zero-order valence-electron chi connectivity index (χ0n) is 15.4. The summed E-state index contributed by atoms with van der Waals surface area (Å²) < 4.78 is 16.2. The number of ether oxygens (including phenoxy) is 3. The Balaban J connectivity index is 2.12. The van der Waals surface area contributed by atoms with E-state index in [1.807, 2.05) is 30.3 Å². The SMILES string of the molecule is COC(=O)[C@]1(COCc2ccccc2)CCCN1C(=O)OC(C)(C)C. The molecule has 1 aliphatic heterocycles. The number of hydrogen-bond acceptors (Lipinski definition) is 5. The van der Waals surface area contributed by atoms with Crippen molar-refractivity contribution in [3.63, 3.8) is 0 Å². The second kappa shape index (κ2) is 7.87. The minimum Gasteiger partial charge on any atom is -0.467 e. The van der Waals surface area contributed by atoms with Gasteiger partial charge >= 0.3 is 12.1 Å². The lowest BCUT2D eigenvalue weighted by Gasteiger charge is -2.36. The highest BCUT2D eigenvalue weighted by Gasteiger charge is 2.52. The predicted molar refractivity (Wildman–Crippen MR) is 93.0 cm³/mol. The molecule has 0 unspecified atom stereocenters. The van der Waals surface area contributed by atoms with E-state index in [0.717, 1.165) is 5.56 Å². The van der Waals surface area contributed by atoms with E-state index in [9.17, 15) is 9.59 Å². The van der Waals surface area contributed by atoms with Crippen LogP contribution < -0.4 is 0 Å². The van der Waals surface area contributed by atoms with Gasteiger partial charge in [-0.05, 0) is 39.2 Å². The molecule has 0 radical (unpaired) electrons. The number of esters is 1. The number of methoxy groups -OCH3 is 1. The molecule has 0 N–H and O–H groups in total. The molecule has 0 spiro atoms. The Kier molecular flexibility index (Phi) is 6.06. The van der Waals surface area contributed by atoms with E-state index in [0.29, 0.717) is 26.0 Å². The van der Waals surface area contributed by atoms with E-state index in [1.54, 1.807) is 20.8 Å². The molecule has 0 saturated carbocycles. The largest absolute Gasteiger partial charge is 0.467 e. The first kappa shape index (κ1) is 19.2. The van der Waals surface area contributed by atoms with Crippen molar-refractivity contribution < 1.29 is 23.8 Å². The maximum absolute atomic E-state index is 12.6. The number of likely N-dealkylation sites (tertiary alicyclic amines) is 1. The first-order valence-corrected chi connectivity index (χ1v) is 8.49. The molecule has 0 aliphatic carbocycles. The second-order valence-electron chi connectivity index (χ2n) is 7.24. The van der Waals surface area contributed by atoms with Gasteiger partial charge in [-0.2, -0.15) is 0 Å². The molecule has 138 valence electrons. The van der Waals surface area contributed by atoms with Gasteiger partial charge in [0.05, 0.1) is 20.3 Å². The van der Waals surface area contributed by atoms with E-state index >= 15 is 0 Å². The molecule has 0 bridgehead atoms. The summed E-state index contributed by atoms with van der Waals surface area (Å²) >= 11 is 0. The Hall–Kier alpha value is -2.08. The highest BCUT2D eigenvalue weighted by Crippen LogP contribution is 2.33. The summed E-state index contributed by atoms with van der Waals surface area (Å²) in [5, 5.41) is 0. The maximum atomic E-state index is 12.6. The topological polar surface area (TPSA) is 65.1 Å². The van der Waals surface area contributed by atoms with Crippen LogP contribution in [0.1, 0.15) is 39.2 Å². The monoisotopic (exact) mass is 349 g/mol. The lowest BCUT2D eigenvalue weighted by atomic mass is 9.97. The third-order valence-corrected chi connectivity index (χ3v) is 4.12. The van der Waals surface area contributed by atoms with Gasteiger partial charge in [0.1, 0.15) is 5.60 Å². The first-order chi connectivity index (χ1) is 11.8. The average molecular weight is 349 g/mol. The number of benzene rings is 1. The smallest absolute Gasteiger partial charge is 0.411 e. The molecule has 6 heteroatoms. The molecule has 1 fully saturated rings. The van der Waals surface area contributed by atoms with Crippen LogP contribution in [0.2, 0.25) is 0 Å². The van der Waals surface area contributed by atoms with E-state index in [-0.39, 0.29) is 6.61 Å². The van der Waals surface area contributed by atoms with Crippen LogP contribution in [0.5, 0.6) is 0 Å². The third kappa shape index (κ3) is 4.72. The van der Waals surface area contributed by atoms with Gasteiger partial charge in [0.25, 0.3) is 0 Å². The minimum atomic E-state index is -1.13. The fourth-order valence-electron chi connectivity index (χ4n) is 2.98. The summed E-state index contributed by atoms with van der Waals surface area (Å²) in [4.78, 5) is 26.5. The Labute approximate surface area is 149 Å². The normalized spacial score (nSPS) is 20.4. The van der Waals surface area contributed by atoms with Crippen LogP contribution in [0.15, 0.2) is 30.3 Å². The minimum absolute atomic E-state index is 0.0772. The lowest BCUT2D eigenvalue weighted by Crippen LogP contribution is -2.57. The number of amides is 1. The summed E-state index contributed by atoms with van der Waals surface area (Å²) in [5.41, 5.74) is -0.762. The fraction of sp³-hybridized carbons (Fsp3) is 0.579. The quantitative estimate of drug-likeness (QED) is 0.764. The van der Waals surface area contributed by atoms with Gasteiger partial charge < -0.3 is 14.2 Å². The number of carbonyl (C=O) groups excluding carboxylic acids is 2. The number of hydrogen-bond donors (Lipinski definition) is 0. The van der Waals surface area contributed by atoms with Crippen molar-refractivity contribution in [1.82, 2.24) is 4.90 Å². The van der Waals surface area contributed by atoms with E-state index in [2.05, 4.69) is 0 Å². The maximum Gasteiger partial charge on any atom is 0.411 e. The van der Waals surface area contributed by atoms with Gasteiger partial charge in [-0.3, -0.25) is 4.90 Å². The van der Waals surface area contributed by atoms with Gasteiger partial charge in [0.2, 0.25) is 0 Å². The number of nitrogens with zero attached hydrogens (tertiary/aromatic N) is 1. The van der Waals surface area contributed by atoms with Gasteiger partial charge in [-0.15, -0.1) is 0 Å². The average Bonchev–Trinajstić information content (AvgIpc) is 2.99. The van der Waals surface area contributed by atoms with Crippen molar-refractivity contribution in [2.45, 2.75) is 51.4 Å². The molecule has 1 heterocycles. The molecule has 6 nitrogen and oxygen atoms in total. The van der Waals surface area contributed by atoms with Crippen molar-refractivity contribution in [2.75, 3.05) is 20.3 Å². The summed E-state index contributed by atoms with van der Waals surface area (Å²) in [6.07, 6.45) is 0.676. The van der Waals surface area contributed by atoms with Crippen molar-refractivity contribution >= 4 is 12.1 Å². The molecule has 1 aromatic rings. The summed E-state index contributed by atoms with van der Waals surface area (Å²) in [7, 11) is 1.33. The summed E-state index contributed by atoms with van der Waals surface area (Å²) in [5.74, 6) is -0.469. The Morgan fingerprint density at radius 2 is 1.88 bits per heavy atom. The van der Waals surface area contributed by atoms with Crippen LogP contribution in [-0.2, 0) is 25.6 Å². The zero-order chi connectivity index (χ0) is 18.5. The molecule has 1 amide bonds. The van der Waals surface area contributed by atoms with E-state index in [4.69, 9.17) is 14.2 Å². The third-order valence-electron chi connectivity index (χ3n) is 4.12. The molecule has 1 aromatic carbocycles. The van der Waals surface area contributed by atoms with Crippen LogP contribution in [0.25, 0.3) is 0 Å². The van der Waals surface area contributed by atoms with Crippen molar-refractivity contribution in [3.05, 3.63) is 35.9 Å². The number of rotatable bonds is 5. The number of carbonyl (C=O) groups is 2. The van der Waals surface area contributed by atoms with Gasteiger partial charge in [0, 0.05) is 6.54 Å². The molecule has 25 heavy (non-hydrogen) atoms. The van der Waals surface area contributed by atoms with Crippen LogP contribution in [0, 0.1) is 0 Å². The van der Waals surface area contributed by atoms with Crippen LogP contribution in [0.4, 0.5) is 4.79 Å². The lowest BCUT2D eigenvalue weighted by molar-refractivity contribution is -0.157. The highest BCUT2D eigenvalue weighted by molar-refractivity contribution is 5.86. The second-order valence-corrected chi connectivity index (χ2v) is 7.24. The van der Waals surface area contributed by atoms with Gasteiger partial charge in [0.15, 0.2) is 5.54 Å². The summed E-state index contributed by atoms with van der Waals surface area (Å²) in [6, 6.07) is 9.69. The van der Waals surface area contributed by atoms with Gasteiger partial charge in [-0.25, -0.2) is 9.59 Å². The standard InChI is InChI=1S/C19H27NO5/c1-18(2,3)25-17(22)20-12-8-11-19(20,16(21)23-4)14-24-13-15-9-6-5-7-10-15/h5-7,9-10H,8,11-14H2,1-4H3/t19-/m1/s1. The van der Waals surface area contributed by atoms with E-state index < -0.39 is 23.2 Å². The Morgan fingerprint density at radius 3 is 2.48 bits per heavy atom. The van der Waals surface area contributed by atoms with Crippen LogP contribution in [0.3, 0.4) is 0 Å². The molecular weight excluding hydrogens is 322 g/mol. The van der Waals surface area contributed by atoms with Crippen molar-refractivity contribution in [2.24, 2.45) is 0 Å². The molecule has 1 atom stereocenters. The predicted octanol–water partition coefficient (Wildman–Crippen LogP) is 3.15. The van der Waals surface area contributed by atoms with Crippen molar-refractivity contribution in [1.29, 1.82) is 0 Å². The highest BCUT2D eigenvalue weighted by atomic mass is 16.6. The summed E-state index contributed by atoms with van der Waals surface area (Å²) in [6.45, 7) is 6.28. The Bertz CT molecular complexity index is 596.